The van der Waals surface area contributed by atoms with E-state index in [1.54, 1.807) is 0 Å². The first kappa shape index (κ1) is 15.6. The maximum absolute atomic E-state index is 3.85. The number of rotatable bonds is 4. The van der Waals surface area contributed by atoms with Crippen molar-refractivity contribution < 1.29 is 0 Å². The third-order valence-corrected chi connectivity index (χ3v) is 4.92. The van der Waals surface area contributed by atoms with Crippen LogP contribution in [0.15, 0.2) is 24.3 Å². The highest BCUT2D eigenvalue weighted by Crippen LogP contribution is 2.30. The van der Waals surface area contributed by atoms with Crippen LogP contribution in [-0.4, -0.2) is 6.04 Å². The highest BCUT2D eigenvalue weighted by atomic mass is 15.0. The van der Waals surface area contributed by atoms with Crippen LogP contribution in [0.5, 0.6) is 0 Å². The van der Waals surface area contributed by atoms with Gasteiger partial charge in [0.05, 0.1) is 0 Å². The Balaban J connectivity index is 2.00. The third kappa shape index (κ3) is 3.63. The minimum Gasteiger partial charge on any atom is -0.307 e. The molecule has 0 aliphatic heterocycles. The van der Waals surface area contributed by atoms with Crippen molar-refractivity contribution in [3.05, 3.63) is 35.4 Å². The summed E-state index contributed by atoms with van der Waals surface area (Å²) in [6.07, 6.45) is 5.46. The Bertz CT molecular complexity index is 412. The first-order chi connectivity index (χ1) is 9.41. The van der Waals surface area contributed by atoms with Gasteiger partial charge in [-0.15, -0.1) is 0 Å². The summed E-state index contributed by atoms with van der Waals surface area (Å²) in [6.45, 7) is 11.4. The predicted molar refractivity (Wildman–Crippen MR) is 88.1 cm³/mol. The van der Waals surface area contributed by atoms with E-state index in [0.717, 1.165) is 12.0 Å². The highest BCUT2D eigenvalue weighted by Gasteiger charge is 2.26. The van der Waals surface area contributed by atoms with Crippen LogP contribution < -0.4 is 5.32 Å². The van der Waals surface area contributed by atoms with E-state index in [9.17, 15) is 0 Å². The Morgan fingerprint density at radius 1 is 1.15 bits per heavy atom. The van der Waals surface area contributed by atoms with E-state index in [1.807, 2.05) is 0 Å². The van der Waals surface area contributed by atoms with Gasteiger partial charge in [-0.25, -0.2) is 0 Å². The lowest BCUT2D eigenvalue weighted by Crippen LogP contribution is -2.34. The first-order valence-electron chi connectivity index (χ1n) is 8.28. The molecule has 0 aromatic heterocycles. The van der Waals surface area contributed by atoms with Gasteiger partial charge >= 0.3 is 0 Å². The molecule has 3 unspecified atom stereocenters. The summed E-state index contributed by atoms with van der Waals surface area (Å²) < 4.78 is 0. The summed E-state index contributed by atoms with van der Waals surface area (Å²) in [7, 11) is 0. The molecule has 1 aliphatic rings. The molecular weight excluding hydrogens is 242 g/mol. The average molecular weight is 273 g/mol. The lowest BCUT2D eigenvalue weighted by Gasteiger charge is -2.25. The molecule has 1 aromatic rings. The molecule has 0 amide bonds. The molecule has 0 spiro atoms. The Labute approximate surface area is 125 Å². The van der Waals surface area contributed by atoms with Crippen molar-refractivity contribution in [2.45, 2.75) is 77.8 Å². The van der Waals surface area contributed by atoms with E-state index in [-0.39, 0.29) is 5.41 Å². The minimum absolute atomic E-state index is 0.244. The molecule has 1 nitrogen and oxygen atoms in total. The summed E-state index contributed by atoms with van der Waals surface area (Å²) >= 11 is 0. The number of hydrogen-bond acceptors (Lipinski definition) is 1. The lowest BCUT2D eigenvalue weighted by molar-refractivity contribution is 0.360. The van der Waals surface area contributed by atoms with Crippen molar-refractivity contribution in [3.63, 3.8) is 0 Å². The molecular formula is C19H31N. The van der Waals surface area contributed by atoms with Crippen LogP contribution in [0.4, 0.5) is 0 Å². The molecule has 1 aromatic carbocycles. The zero-order chi connectivity index (χ0) is 14.8. The number of nitrogens with one attached hydrogen (secondary N) is 1. The highest BCUT2D eigenvalue weighted by molar-refractivity contribution is 5.29. The van der Waals surface area contributed by atoms with E-state index >= 15 is 0 Å². The summed E-state index contributed by atoms with van der Waals surface area (Å²) in [5.41, 5.74) is 3.08. The first-order valence-corrected chi connectivity index (χ1v) is 8.28. The standard InChI is InChI=1S/C19H31N/c1-6-15-8-7-9-18(15)20-14(2)16-10-12-17(13-11-16)19(3,4)5/h10-15,18,20H,6-9H2,1-5H3. The Morgan fingerprint density at radius 2 is 1.80 bits per heavy atom. The summed E-state index contributed by atoms with van der Waals surface area (Å²) in [5.74, 6) is 0.881. The quantitative estimate of drug-likeness (QED) is 0.793. The van der Waals surface area contributed by atoms with Gasteiger partial charge in [-0.05, 0) is 42.2 Å². The van der Waals surface area contributed by atoms with Gasteiger partial charge in [0.25, 0.3) is 0 Å². The zero-order valence-electron chi connectivity index (χ0n) is 13.9. The predicted octanol–water partition coefficient (Wildman–Crippen LogP) is 5.21. The van der Waals surface area contributed by atoms with Gasteiger partial charge in [-0.2, -0.15) is 0 Å². The second-order valence-electron chi connectivity index (χ2n) is 7.47. The molecule has 1 aliphatic carbocycles. The van der Waals surface area contributed by atoms with Crippen LogP contribution in [-0.2, 0) is 5.41 Å². The van der Waals surface area contributed by atoms with Crippen LogP contribution >= 0.6 is 0 Å². The average Bonchev–Trinajstić information content (AvgIpc) is 2.85. The van der Waals surface area contributed by atoms with E-state index in [0.29, 0.717) is 6.04 Å². The van der Waals surface area contributed by atoms with Crippen molar-refractivity contribution in [1.29, 1.82) is 0 Å². The molecule has 0 saturated heterocycles. The molecule has 0 bridgehead atoms. The zero-order valence-corrected chi connectivity index (χ0v) is 13.9. The Kier molecular flexibility index (Phi) is 4.90. The molecule has 20 heavy (non-hydrogen) atoms. The lowest BCUT2D eigenvalue weighted by atomic mass is 9.86. The molecule has 1 N–H and O–H groups in total. The van der Waals surface area contributed by atoms with Crippen LogP contribution in [0.3, 0.4) is 0 Å². The molecule has 1 heteroatoms. The van der Waals surface area contributed by atoms with Crippen LogP contribution in [0.25, 0.3) is 0 Å². The summed E-state index contributed by atoms with van der Waals surface area (Å²) in [6, 6.07) is 10.4. The second kappa shape index (κ2) is 6.30. The molecule has 1 fully saturated rings. The Hall–Kier alpha value is -0.820. The van der Waals surface area contributed by atoms with Crippen LogP contribution in [0.2, 0.25) is 0 Å². The van der Waals surface area contributed by atoms with Crippen LogP contribution in [0, 0.1) is 5.92 Å². The SMILES string of the molecule is CCC1CCCC1NC(C)c1ccc(C(C)(C)C)cc1. The fourth-order valence-electron chi connectivity index (χ4n) is 3.43. The third-order valence-electron chi connectivity index (χ3n) is 4.92. The number of benzene rings is 1. The fraction of sp³-hybridized carbons (Fsp3) is 0.684. The van der Waals surface area contributed by atoms with Crippen molar-refractivity contribution in [1.82, 2.24) is 5.32 Å². The van der Waals surface area contributed by atoms with E-state index in [4.69, 9.17) is 0 Å². The maximum atomic E-state index is 3.85. The largest absolute Gasteiger partial charge is 0.307 e. The maximum Gasteiger partial charge on any atom is 0.0294 e. The van der Waals surface area contributed by atoms with Gasteiger partial charge in [0, 0.05) is 12.1 Å². The topological polar surface area (TPSA) is 12.0 Å². The number of hydrogen-bond donors (Lipinski definition) is 1. The van der Waals surface area contributed by atoms with Gasteiger partial charge in [0.15, 0.2) is 0 Å². The molecule has 2 rings (SSSR count). The monoisotopic (exact) mass is 273 g/mol. The van der Waals surface area contributed by atoms with E-state index in [1.165, 1.54) is 36.8 Å². The molecule has 3 atom stereocenters. The molecule has 112 valence electrons. The fourth-order valence-corrected chi connectivity index (χ4v) is 3.43. The normalized spacial score (nSPS) is 24.9. The van der Waals surface area contributed by atoms with E-state index in [2.05, 4.69) is 64.2 Å². The van der Waals surface area contributed by atoms with E-state index < -0.39 is 0 Å². The molecule has 0 heterocycles. The molecule has 1 saturated carbocycles. The minimum atomic E-state index is 0.244. The van der Waals surface area contributed by atoms with Crippen LogP contribution in [0.1, 0.15) is 77.5 Å². The van der Waals surface area contributed by atoms with Gasteiger partial charge in [-0.1, -0.05) is 64.8 Å². The second-order valence-corrected chi connectivity index (χ2v) is 7.47. The van der Waals surface area contributed by atoms with Crippen molar-refractivity contribution in [2.75, 3.05) is 0 Å². The summed E-state index contributed by atoms with van der Waals surface area (Å²) in [5, 5.41) is 3.85. The van der Waals surface area contributed by atoms with Gasteiger partial charge < -0.3 is 5.32 Å². The van der Waals surface area contributed by atoms with Gasteiger partial charge in [-0.3, -0.25) is 0 Å². The molecule has 0 radical (unpaired) electrons. The summed E-state index contributed by atoms with van der Waals surface area (Å²) in [4.78, 5) is 0. The van der Waals surface area contributed by atoms with Crippen molar-refractivity contribution >= 4 is 0 Å². The smallest absolute Gasteiger partial charge is 0.0294 e. The Morgan fingerprint density at radius 3 is 2.35 bits per heavy atom. The van der Waals surface area contributed by atoms with Gasteiger partial charge in [0.2, 0.25) is 0 Å². The van der Waals surface area contributed by atoms with Gasteiger partial charge in [0.1, 0.15) is 0 Å². The van der Waals surface area contributed by atoms with Crippen molar-refractivity contribution in [3.8, 4) is 0 Å². The van der Waals surface area contributed by atoms with Crippen molar-refractivity contribution in [2.24, 2.45) is 5.92 Å².